The minimum absolute atomic E-state index is 0.0572. The predicted octanol–water partition coefficient (Wildman–Crippen LogP) is 4.10. The number of hydrogen-bond donors (Lipinski definition) is 2. The minimum Gasteiger partial charge on any atom is -0.310 e. The van der Waals surface area contributed by atoms with Crippen molar-refractivity contribution in [2.45, 2.75) is 23.2 Å². The van der Waals surface area contributed by atoms with E-state index in [1.54, 1.807) is 18.2 Å². The van der Waals surface area contributed by atoms with Crippen LogP contribution < -0.4 is 10.9 Å². The zero-order valence-corrected chi connectivity index (χ0v) is 17.0. The van der Waals surface area contributed by atoms with E-state index >= 15 is 0 Å². The van der Waals surface area contributed by atoms with Crippen molar-refractivity contribution in [2.75, 3.05) is 5.32 Å². The number of halogens is 1. The molecular formula is C20H15ClN4O4S. The average molecular weight is 443 g/mol. The van der Waals surface area contributed by atoms with Crippen LogP contribution in [0, 0.1) is 10.1 Å². The Morgan fingerprint density at radius 3 is 2.60 bits per heavy atom. The molecule has 0 radical (unpaired) electrons. The number of nitrogens with zero attached hydrogens (tertiary/aromatic N) is 2. The Kier molecular flexibility index (Phi) is 5.56. The average Bonchev–Trinajstić information content (AvgIpc) is 2.72. The molecule has 1 unspecified atom stereocenters. The molecule has 1 aliphatic heterocycles. The van der Waals surface area contributed by atoms with Gasteiger partial charge in [0.2, 0.25) is 5.91 Å². The molecular weight excluding hydrogens is 428 g/mol. The van der Waals surface area contributed by atoms with E-state index in [0.29, 0.717) is 27.1 Å². The monoisotopic (exact) mass is 442 g/mol. The molecule has 152 valence electrons. The third-order valence-corrected chi connectivity index (χ3v) is 6.05. The van der Waals surface area contributed by atoms with E-state index in [4.69, 9.17) is 11.6 Å². The number of carbonyl (C=O) groups excluding carboxylic acids is 1. The maximum atomic E-state index is 12.8. The van der Waals surface area contributed by atoms with Crippen LogP contribution in [0.2, 0.25) is 5.02 Å². The van der Waals surface area contributed by atoms with Crippen molar-refractivity contribution in [1.29, 1.82) is 0 Å². The summed E-state index contributed by atoms with van der Waals surface area (Å²) in [7, 11) is 0. The fraction of sp³-hybridized carbons (Fsp3) is 0.150. The first-order chi connectivity index (χ1) is 14.4. The summed E-state index contributed by atoms with van der Waals surface area (Å²) in [5, 5.41) is 14.5. The number of nitrogens with one attached hydrogen (secondary N) is 2. The van der Waals surface area contributed by atoms with E-state index in [-0.39, 0.29) is 29.4 Å². The van der Waals surface area contributed by atoms with Gasteiger partial charge in [-0.2, -0.15) is 0 Å². The van der Waals surface area contributed by atoms with E-state index in [1.807, 2.05) is 18.2 Å². The highest BCUT2D eigenvalue weighted by atomic mass is 35.5. The largest absolute Gasteiger partial charge is 0.310 e. The number of thioether (sulfide) groups is 1. The SMILES string of the molecule is O=C1CC(c2ccc([N+](=O)[O-])cc2)c2c(nc(SCc3ccccc3Cl)[nH]c2=O)N1. The molecule has 0 aliphatic carbocycles. The van der Waals surface area contributed by atoms with Gasteiger partial charge in [-0.15, -0.1) is 0 Å². The van der Waals surface area contributed by atoms with Crippen LogP contribution in [0.3, 0.4) is 0 Å². The number of nitro benzene ring substituents is 1. The quantitative estimate of drug-likeness (QED) is 0.266. The molecule has 3 aromatic rings. The van der Waals surface area contributed by atoms with Crippen LogP contribution in [0.5, 0.6) is 0 Å². The normalized spacial score (nSPS) is 15.4. The van der Waals surface area contributed by atoms with E-state index in [2.05, 4.69) is 15.3 Å². The molecule has 2 aromatic carbocycles. The first-order valence-corrected chi connectivity index (χ1v) is 10.3. The topological polar surface area (TPSA) is 118 Å². The summed E-state index contributed by atoms with van der Waals surface area (Å²) in [6.07, 6.45) is 0.0572. The number of hydrogen-bond acceptors (Lipinski definition) is 6. The lowest BCUT2D eigenvalue weighted by atomic mass is 9.87. The van der Waals surface area contributed by atoms with Crippen LogP contribution in [0.15, 0.2) is 58.5 Å². The molecule has 8 nitrogen and oxygen atoms in total. The summed E-state index contributed by atoms with van der Waals surface area (Å²) in [6, 6.07) is 13.2. The molecule has 0 fully saturated rings. The summed E-state index contributed by atoms with van der Waals surface area (Å²) >= 11 is 7.47. The van der Waals surface area contributed by atoms with Crippen molar-refractivity contribution in [3.05, 3.63) is 90.7 Å². The molecule has 0 bridgehead atoms. The standard InChI is InChI=1S/C20H15ClN4O4S/c21-15-4-2-1-3-12(15)10-30-20-23-18-17(19(27)24-20)14(9-16(26)22-18)11-5-7-13(8-6-11)25(28)29/h1-8,14H,9-10H2,(H2,22,23,24,26,27). The number of anilines is 1. The molecule has 1 aromatic heterocycles. The summed E-state index contributed by atoms with van der Waals surface area (Å²) in [5.74, 6) is -0.0966. The van der Waals surface area contributed by atoms with E-state index < -0.39 is 10.8 Å². The Morgan fingerprint density at radius 2 is 1.90 bits per heavy atom. The van der Waals surface area contributed by atoms with Crippen molar-refractivity contribution >= 4 is 40.8 Å². The molecule has 2 N–H and O–H groups in total. The van der Waals surface area contributed by atoms with Gasteiger partial charge in [-0.1, -0.05) is 53.7 Å². The van der Waals surface area contributed by atoms with Crippen LogP contribution in [0.1, 0.15) is 29.0 Å². The Bertz CT molecular complexity index is 1200. The van der Waals surface area contributed by atoms with Crippen molar-refractivity contribution in [1.82, 2.24) is 9.97 Å². The summed E-state index contributed by atoms with van der Waals surface area (Å²) in [5.41, 5.74) is 1.46. The first-order valence-electron chi connectivity index (χ1n) is 8.97. The first kappa shape index (κ1) is 20.1. The molecule has 1 amide bonds. The number of fused-ring (bicyclic) bond motifs is 1. The van der Waals surface area contributed by atoms with Crippen molar-refractivity contribution in [2.24, 2.45) is 0 Å². The van der Waals surface area contributed by atoms with Gasteiger partial charge in [0, 0.05) is 35.2 Å². The van der Waals surface area contributed by atoms with Crippen molar-refractivity contribution in [3.63, 3.8) is 0 Å². The molecule has 2 heterocycles. The second-order valence-electron chi connectivity index (χ2n) is 6.67. The second kappa shape index (κ2) is 8.29. The van der Waals surface area contributed by atoms with Gasteiger partial charge in [-0.05, 0) is 17.2 Å². The number of aromatic amines is 1. The van der Waals surface area contributed by atoms with Gasteiger partial charge in [0.05, 0.1) is 10.5 Å². The molecule has 0 saturated carbocycles. The van der Waals surface area contributed by atoms with Gasteiger partial charge in [0.25, 0.3) is 11.2 Å². The number of H-pyrrole nitrogens is 1. The molecule has 4 rings (SSSR count). The summed E-state index contributed by atoms with van der Waals surface area (Å²) < 4.78 is 0. The third kappa shape index (κ3) is 4.07. The van der Waals surface area contributed by atoms with Crippen molar-refractivity contribution in [3.8, 4) is 0 Å². The highest BCUT2D eigenvalue weighted by molar-refractivity contribution is 7.98. The molecule has 10 heteroatoms. The predicted molar refractivity (Wildman–Crippen MR) is 114 cm³/mol. The van der Waals surface area contributed by atoms with Crippen LogP contribution in [0.4, 0.5) is 11.5 Å². The third-order valence-electron chi connectivity index (χ3n) is 4.76. The van der Waals surface area contributed by atoms with Gasteiger partial charge in [-0.25, -0.2) is 4.98 Å². The van der Waals surface area contributed by atoms with Gasteiger partial charge in [-0.3, -0.25) is 19.7 Å². The Hall–Kier alpha value is -3.17. The molecule has 1 atom stereocenters. The lowest BCUT2D eigenvalue weighted by molar-refractivity contribution is -0.384. The maximum Gasteiger partial charge on any atom is 0.269 e. The molecule has 1 aliphatic rings. The zero-order valence-electron chi connectivity index (χ0n) is 15.4. The number of non-ortho nitro benzene ring substituents is 1. The van der Waals surface area contributed by atoms with Gasteiger partial charge < -0.3 is 10.3 Å². The summed E-state index contributed by atoms with van der Waals surface area (Å²) in [4.78, 5) is 42.6. The van der Waals surface area contributed by atoms with Crippen LogP contribution in [-0.4, -0.2) is 20.8 Å². The van der Waals surface area contributed by atoms with Crippen LogP contribution in [0.25, 0.3) is 0 Å². The van der Waals surface area contributed by atoms with Gasteiger partial charge in [0.1, 0.15) is 5.82 Å². The van der Waals surface area contributed by atoms with E-state index in [0.717, 1.165) is 5.56 Å². The fourth-order valence-electron chi connectivity index (χ4n) is 3.29. The van der Waals surface area contributed by atoms with E-state index in [9.17, 15) is 19.7 Å². The molecule has 0 spiro atoms. The fourth-order valence-corrected chi connectivity index (χ4v) is 4.44. The number of aromatic nitrogens is 2. The van der Waals surface area contributed by atoms with Crippen LogP contribution >= 0.6 is 23.4 Å². The van der Waals surface area contributed by atoms with E-state index in [1.165, 1.54) is 23.9 Å². The number of rotatable bonds is 5. The Morgan fingerprint density at radius 1 is 1.17 bits per heavy atom. The lowest BCUT2D eigenvalue weighted by Crippen LogP contribution is -2.31. The lowest BCUT2D eigenvalue weighted by Gasteiger charge is -2.24. The number of nitro groups is 1. The number of benzene rings is 2. The summed E-state index contributed by atoms with van der Waals surface area (Å²) in [6.45, 7) is 0. The second-order valence-corrected chi connectivity index (χ2v) is 8.04. The highest BCUT2D eigenvalue weighted by Gasteiger charge is 2.31. The smallest absolute Gasteiger partial charge is 0.269 e. The maximum absolute atomic E-state index is 12.8. The Balaban J connectivity index is 1.65. The minimum atomic E-state index is -0.534. The number of amides is 1. The number of carbonyl (C=O) groups is 1. The molecule has 0 saturated heterocycles. The Labute approximate surface area is 179 Å². The highest BCUT2D eigenvalue weighted by Crippen LogP contribution is 2.35. The van der Waals surface area contributed by atoms with Gasteiger partial charge >= 0.3 is 0 Å². The van der Waals surface area contributed by atoms with Crippen LogP contribution in [-0.2, 0) is 10.5 Å². The zero-order chi connectivity index (χ0) is 21.3. The molecule has 30 heavy (non-hydrogen) atoms. The van der Waals surface area contributed by atoms with Gasteiger partial charge in [0.15, 0.2) is 5.16 Å². The van der Waals surface area contributed by atoms with Crippen molar-refractivity contribution < 1.29 is 9.72 Å².